The first-order valence-corrected chi connectivity index (χ1v) is 8.61. The maximum absolute atomic E-state index is 11.7. The number of nitrogens with one attached hydrogen (secondary N) is 1. The molecule has 1 aromatic carbocycles. The van der Waals surface area contributed by atoms with E-state index in [0.29, 0.717) is 12.6 Å². The third kappa shape index (κ3) is 4.97. The summed E-state index contributed by atoms with van der Waals surface area (Å²) in [5, 5.41) is 4.32. The Balaban J connectivity index is 1.79. The van der Waals surface area contributed by atoms with Crippen LogP contribution in [0.5, 0.6) is 0 Å². The monoisotopic (exact) mass is 373 g/mol. The van der Waals surface area contributed by atoms with E-state index in [0.717, 1.165) is 47.3 Å². The Hall–Kier alpha value is -0.580. The van der Waals surface area contributed by atoms with Gasteiger partial charge in [0, 0.05) is 22.1 Å². The molecule has 0 aliphatic heterocycles. The molecule has 1 aliphatic carbocycles. The van der Waals surface area contributed by atoms with Crippen molar-refractivity contribution in [3.63, 3.8) is 0 Å². The van der Waals surface area contributed by atoms with Crippen LogP contribution < -0.4 is 5.32 Å². The lowest BCUT2D eigenvalue weighted by Gasteiger charge is -2.28. The lowest BCUT2D eigenvalue weighted by atomic mass is 9.86. The molecule has 1 N–H and O–H groups in total. The van der Waals surface area contributed by atoms with Crippen molar-refractivity contribution in [2.24, 2.45) is 5.92 Å². The quantitative estimate of drug-likeness (QED) is 0.780. The van der Waals surface area contributed by atoms with E-state index in [4.69, 9.17) is 16.3 Å². The fourth-order valence-corrected chi connectivity index (χ4v) is 3.32. The van der Waals surface area contributed by atoms with Crippen LogP contribution in [0.25, 0.3) is 0 Å². The van der Waals surface area contributed by atoms with E-state index in [1.54, 1.807) is 0 Å². The van der Waals surface area contributed by atoms with Gasteiger partial charge in [0.1, 0.15) is 0 Å². The van der Waals surface area contributed by atoms with E-state index in [1.807, 2.05) is 25.1 Å². The van der Waals surface area contributed by atoms with Crippen LogP contribution in [0, 0.1) is 5.92 Å². The minimum Gasteiger partial charge on any atom is -0.466 e. The van der Waals surface area contributed by atoms with Crippen LogP contribution in [0.15, 0.2) is 22.7 Å². The van der Waals surface area contributed by atoms with E-state index < -0.39 is 0 Å². The number of carbonyl (C=O) groups excluding carboxylic acids is 1. The molecule has 2 rings (SSSR count). The number of rotatable bonds is 5. The fourth-order valence-electron chi connectivity index (χ4n) is 2.73. The highest BCUT2D eigenvalue weighted by atomic mass is 79.9. The first-order chi connectivity index (χ1) is 10.1. The van der Waals surface area contributed by atoms with Gasteiger partial charge in [0.05, 0.1) is 12.5 Å². The number of hydrogen-bond donors (Lipinski definition) is 1. The van der Waals surface area contributed by atoms with Crippen molar-refractivity contribution in [1.29, 1.82) is 0 Å². The van der Waals surface area contributed by atoms with Crippen LogP contribution in [-0.2, 0) is 16.1 Å². The number of ether oxygens (including phenoxy) is 1. The maximum atomic E-state index is 11.7. The zero-order valence-corrected chi connectivity index (χ0v) is 14.5. The summed E-state index contributed by atoms with van der Waals surface area (Å²) in [6.45, 7) is 3.08. The summed E-state index contributed by atoms with van der Waals surface area (Å²) in [6, 6.07) is 6.33. The minimum absolute atomic E-state index is 0.0361. The Morgan fingerprint density at radius 2 is 2.10 bits per heavy atom. The van der Waals surface area contributed by atoms with Gasteiger partial charge in [-0.15, -0.1) is 0 Å². The number of benzene rings is 1. The molecular formula is C16H21BrClNO2. The fraction of sp³-hybridized carbons (Fsp3) is 0.562. The number of hydrogen-bond acceptors (Lipinski definition) is 3. The van der Waals surface area contributed by atoms with E-state index in [9.17, 15) is 4.79 Å². The predicted octanol–water partition coefficient (Wildman–Crippen LogP) is 4.31. The molecule has 1 aliphatic rings. The first kappa shape index (κ1) is 16.8. The Morgan fingerprint density at radius 1 is 1.38 bits per heavy atom. The molecule has 1 saturated carbocycles. The summed E-state index contributed by atoms with van der Waals surface area (Å²) < 4.78 is 6.13. The highest BCUT2D eigenvalue weighted by Crippen LogP contribution is 2.26. The van der Waals surface area contributed by atoms with Crippen molar-refractivity contribution in [2.45, 2.75) is 45.2 Å². The second-order valence-corrected chi connectivity index (χ2v) is 6.74. The van der Waals surface area contributed by atoms with Gasteiger partial charge in [-0.05, 0) is 56.4 Å². The van der Waals surface area contributed by atoms with E-state index in [2.05, 4.69) is 21.2 Å². The van der Waals surface area contributed by atoms with Crippen molar-refractivity contribution in [1.82, 2.24) is 5.32 Å². The van der Waals surface area contributed by atoms with Crippen molar-refractivity contribution >= 4 is 33.5 Å². The van der Waals surface area contributed by atoms with Crippen molar-refractivity contribution in [3.05, 3.63) is 33.3 Å². The molecule has 1 aromatic rings. The smallest absolute Gasteiger partial charge is 0.308 e. The summed E-state index contributed by atoms with van der Waals surface area (Å²) in [5.41, 5.74) is 1.10. The molecule has 0 heterocycles. The Bertz CT molecular complexity index is 487. The summed E-state index contributed by atoms with van der Waals surface area (Å²) in [4.78, 5) is 11.7. The maximum Gasteiger partial charge on any atom is 0.308 e. The Kier molecular flexibility index (Phi) is 6.52. The number of esters is 1. The molecule has 0 amide bonds. The van der Waals surface area contributed by atoms with Crippen LogP contribution >= 0.6 is 27.5 Å². The molecule has 0 aromatic heterocycles. The van der Waals surface area contributed by atoms with Crippen molar-refractivity contribution in [3.8, 4) is 0 Å². The molecule has 21 heavy (non-hydrogen) atoms. The Morgan fingerprint density at radius 3 is 2.76 bits per heavy atom. The zero-order valence-electron chi connectivity index (χ0n) is 12.2. The van der Waals surface area contributed by atoms with Gasteiger partial charge in [0.25, 0.3) is 0 Å². The van der Waals surface area contributed by atoms with Gasteiger partial charge in [-0.3, -0.25) is 4.79 Å². The first-order valence-electron chi connectivity index (χ1n) is 7.44. The summed E-state index contributed by atoms with van der Waals surface area (Å²) >= 11 is 9.65. The second-order valence-electron chi connectivity index (χ2n) is 5.42. The number of halogens is 2. The molecule has 1 fully saturated rings. The standard InChI is InChI=1S/C16H21BrClNO2/c1-2-21-16(20)11-3-6-14(7-4-11)19-10-12-9-13(17)5-8-15(12)18/h5,8-9,11,14,19H,2-4,6-7,10H2,1H3. The molecule has 0 spiro atoms. The molecule has 0 unspecified atom stereocenters. The van der Waals surface area contributed by atoms with Crippen LogP contribution in [0.2, 0.25) is 5.02 Å². The third-order valence-corrected chi connectivity index (χ3v) is 4.80. The van der Waals surface area contributed by atoms with Gasteiger partial charge in [-0.1, -0.05) is 27.5 Å². The average molecular weight is 375 g/mol. The van der Waals surface area contributed by atoms with E-state index in [-0.39, 0.29) is 11.9 Å². The SMILES string of the molecule is CCOC(=O)C1CCC(NCc2cc(Br)ccc2Cl)CC1. The van der Waals surface area contributed by atoms with Crippen molar-refractivity contribution < 1.29 is 9.53 Å². The van der Waals surface area contributed by atoms with Gasteiger partial charge in [-0.25, -0.2) is 0 Å². The predicted molar refractivity (Wildman–Crippen MR) is 88.4 cm³/mol. The molecule has 0 radical (unpaired) electrons. The van der Waals surface area contributed by atoms with Crippen LogP contribution in [-0.4, -0.2) is 18.6 Å². The van der Waals surface area contributed by atoms with Crippen molar-refractivity contribution in [2.75, 3.05) is 6.61 Å². The normalized spacial score (nSPS) is 22.0. The van der Waals surface area contributed by atoms with Crippen LogP contribution in [0.4, 0.5) is 0 Å². The average Bonchev–Trinajstić information content (AvgIpc) is 2.49. The van der Waals surface area contributed by atoms with Gasteiger partial charge in [-0.2, -0.15) is 0 Å². The Labute approximate surface area is 139 Å². The number of carbonyl (C=O) groups is 1. The zero-order chi connectivity index (χ0) is 15.2. The topological polar surface area (TPSA) is 38.3 Å². The van der Waals surface area contributed by atoms with Gasteiger partial charge >= 0.3 is 5.97 Å². The molecule has 0 saturated heterocycles. The van der Waals surface area contributed by atoms with Crippen LogP contribution in [0.1, 0.15) is 38.2 Å². The molecule has 0 atom stereocenters. The summed E-state index contributed by atoms with van der Waals surface area (Å²) in [5.74, 6) is 0.0449. The highest BCUT2D eigenvalue weighted by Gasteiger charge is 2.26. The minimum atomic E-state index is -0.0361. The lowest BCUT2D eigenvalue weighted by molar-refractivity contribution is -0.149. The van der Waals surface area contributed by atoms with Crippen LogP contribution in [0.3, 0.4) is 0 Å². The molecule has 116 valence electrons. The van der Waals surface area contributed by atoms with Gasteiger partial charge in [0.15, 0.2) is 0 Å². The lowest BCUT2D eigenvalue weighted by Crippen LogP contribution is -2.35. The molecular weight excluding hydrogens is 354 g/mol. The molecule has 5 heteroatoms. The molecule has 3 nitrogen and oxygen atoms in total. The highest BCUT2D eigenvalue weighted by molar-refractivity contribution is 9.10. The van der Waals surface area contributed by atoms with E-state index >= 15 is 0 Å². The second kappa shape index (κ2) is 8.16. The van der Waals surface area contributed by atoms with Gasteiger partial charge in [0.2, 0.25) is 0 Å². The van der Waals surface area contributed by atoms with E-state index in [1.165, 1.54) is 0 Å². The largest absolute Gasteiger partial charge is 0.466 e. The summed E-state index contributed by atoms with van der Waals surface area (Å²) in [7, 11) is 0. The summed E-state index contributed by atoms with van der Waals surface area (Å²) in [6.07, 6.45) is 3.83. The van der Waals surface area contributed by atoms with Gasteiger partial charge < -0.3 is 10.1 Å². The third-order valence-electron chi connectivity index (χ3n) is 3.94. The molecule has 0 bridgehead atoms.